The van der Waals surface area contributed by atoms with Gasteiger partial charge in [-0.15, -0.1) is 0 Å². The van der Waals surface area contributed by atoms with Crippen LogP contribution in [-0.2, 0) is 6.54 Å². The summed E-state index contributed by atoms with van der Waals surface area (Å²) in [5.41, 5.74) is 0.529. The fraction of sp³-hybridized carbons (Fsp3) is 0.538. The number of halogens is 3. The number of hydrogen-bond acceptors (Lipinski definition) is 3. The van der Waals surface area contributed by atoms with Gasteiger partial charge in [-0.1, -0.05) is 13.0 Å². The van der Waals surface area contributed by atoms with Gasteiger partial charge in [-0.25, -0.2) is 4.98 Å². The molecule has 0 unspecified atom stereocenters. The molecule has 0 radical (unpaired) electrons. The number of pyridine rings is 1. The summed E-state index contributed by atoms with van der Waals surface area (Å²) in [5, 5.41) is 6.06. The number of nitrogens with zero attached hydrogens (tertiary/aromatic N) is 2. The lowest BCUT2D eigenvalue weighted by Crippen LogP contribution is -2.37. The zero-order valence-electron chi connectivity index (χ0n) is 12.0. The quantitative estimate of drug-likeness (QED) is 0.624. The molecule has 0 aliphatic rings. The summed E-state index contributed by atoms with van der Waals surface area (Å²) in [4.78, 5) is 7.83. The van der Waals surface area contributed by atoms with Crippen LogP contribution in [0.25, 0.3) is 0 Å². The van der Waals surface area contributed by atoms with Crippen LogP contribution in [0.5, 0.6) is 5.88 Å². The van der Waals surface area contributed by atoms with Crippen molar-refractivity contribution >= 4 is 5.96 Å². The van der Waals surface area contributed by atoms with E-state index in [-0.39, 0.29) is 12.4 Å². The smallest absolute Gasteiger partial charge is 0.422 e. The number of alkyl halides is 3. The van der Waals surface area contributed by atoms with Crippen LogP contribution >= 0.6 is 0 Å². The molecule has 0 amide bonds. The predicted octanol–water partition coefficient (Wildman–Crippen LogP) is 2.10. The molecule has 2 N–H and O–H groups in total. The van der Waals surface area contributed by atoms with E-state index in [1.807, 2.05) is 6.92 Å². The summed E-state index contributed by atoms with van der Waals surface area (Å²) >= 11 is 0. The highest BCUT2D eigenvalue weighted by Crippen LogP contribution is 2.19. The van der Waals surface area contributed by atoms with E-state index < -0.39 is 12.8 Å². The number of guanidine groups is 1. The second kappa shape index (κ2) is 8.33. The minimum atomic E-state index is -4.39. The lowest BCUT2D eigenvalue weighted by Gasteiger charge is -2.14. The van der Waals surface area contributed by atoms with Crippen molar-refractivity contribution in [3.63, 3.8) is 0 Å². The SMILES string of the molecule is CCCNC(=NC)NCc1cccnc1OCC(F)(F)F. The summed E-state index contributed by atoms with van der Waals surface area (Å²) in [6.07, 6.45) is -2.06. The lowest BCUT2D eigenvalue weighted by atomic mass is 10.2. The van der Waals surface area contributed by atoms with Crippen LogP contribution in [0.15, 0.2) is 23.3 Å². The first kappa shape index (κ1) is 17.1. The monoisotopic (exact) mass is 304 g/mol. The van der Waals surface area contributed by atoms with Crippen molar-refractivity contribution in [2.45, 2.75) is 26.1 Å². The van der Waals surface area contributed by atoms with Gasteiger partial charge in [-0.2, -0.15) is 13.2 Å². The molecule has 0 atom stereocenters. The normalized spacial score (nSPS) is 12.1. The van der Waals surface area contributed by atoms with Gasteiger partial charge in [0, 0.05) is 31.9 Å². The van der Waals surface area contributed by atoms with Crippen LogP contribution in [0.3, 0.4) is 0 Å². The Bertz CT molecular complexity index is 463. The molecule has 0 saturated heterocycles. The van der Waals surface area contributed by atoms with Crippen molar-refractivity contribution in [3.8, 4) is 5.88 Å². The minimum Gasteiger partial charge on any atom is -0.468 e. The summed E-state index contributed by atoms with van der Waals surface area (Å²) in [6.45, 7) is 1.68. The highest BCUT2D eigenvalue weighted by Gasteiger charge is 2.29. The van der Waals surface area contributed by atoms with E-state index in [1.165, 1.54) is 6.20 Å². The molecule has 0 aliphatic heterocycles. The number of rotatable bonds is 6. The van der Waals surface area contributed by atoms with Crippen LogP contribution < -0.4 is 15.4 Å². The lowest BCUT2D eigenvalue weighted by molar-refractivity contribution is -0.154. The highest BCUT2D eigenvalue weighted by molar-refractivity contribution is 5.79. The molecule has 118 valence electrons. The maximum Gasteiger partial charge on any atom is 0.422 e. The standard InChI is InChI=1S/C13H19F3N4O/c1-3-6-19-12(17-2)20-8-10-5-4-7-18-11(10)21-9-13(14,15)16/h4-5,7H,3,6,8-9H2,1-2H3,(H2,17,19,20). The molecular formula is C13H19F3N4O. The van der Waals surface area contributed by atoms with Gasteiger partial charge in [0.25, 0.3) is 0 Å². The van der Waals surface area contributed by atoms with Gasteiger partial charge in [0.15, 0.2) is 12.6 Å². The van der Waals surface area contributed by atoms with Crippen molar-refractivity contribution in [2.24, 2.45) is 4.99 Å². The maximum absolute atomic E-state index is 12.2. The Morgan fingerprint density at radius 3 is 2.76 bits per heavy atom. The second-order valence-corrected chi connectivity index (χ2v) is 4.22. The van der Waals surface area contributed by atoms with Gasteiger partial charge in [0.2, 0.25) is 5.88 Å². The molecule has 8 heteroatoms. The Labute approximate surface area is 121 Å². The fourth-order valence-electron chi connectivity index (χ4n) is 1.48. The zero-order chi connectivity index (χ0) is 15.7. The molecule has 1 rings (SSSR count). The topological polar surface area (TPSA) is 58.5 Å². The van der Waals surface area contributed by atoms with Crippen molar-refractivity contribution in [1.82, 2.24) is 15.6 Å². The van der Waals surface area contributed by atoms with E-state index in [9.17, 15) is 13.2 Å². The number of aromatic nitrogens is 1. The van der Waals surface area contributed by atoms with Gasteiger partial charge in [-0.05, 0) is 12.5 Å². The van der Waals surface area contributed by atoms with E-state index in [4.69, 9.17) is 4.74 Å². The molecule has 1 aromatic heterocycles. The third-order valence-corrected chi connectivity index (χ3v) is 2.43. The van der Waals surface area contributed by atoms with Crippen LogP contribution in [0.1, 0.15) is 18.9 Å². The van der Waals surface area contributed by atoms with Crippen molar-refractivity contribution < 1.29 is 17.9 Å². The van der Waals surface area contributed by atoms with Crippen LogP contribution in [0, 0.1) is 0 Å². The maximum atomic E-state index is 12.2. The van der Waals surface area contributed by atoms with Crippen LogP contribution in [-0.4, -0.2) is 37.3 Å². The Kier molecular flexibility index (Phi) is 6.77. The Morgan fingerprint density at radius 1 is 1.38 bits per heavy atom. The van der Waals surface area contributed by atoms with E-state index in [1.54, 1.807) is 19.2 Å². The molecule has 0 spiro atoms. The Hall–Kier alpha value is -1.99. The molecule has 0 fully saturated rings. The highest BCUT2D eigenvalue weighted by atomic mass is 19.4. The van der Waals surface area contributed by atoms with Crippen LogP contribution in [0.2, 0.25) is 0 Å². The number of ether oxygens (including phenoxy) is 1. The van der Waals surface area contributed by atoms with E-state index >= 15 is 0 Å². The largest absolute Gasteiger partial charge is 0.468 e. The second-order valence-electron chi connectivity index (χ2n) is 4.22. The first-order chi connectivity index (χ1) is 9.96. The molecule has 21 heavy (non-hydrogen) atoms. The third-order valence-electron chi connectivity index (χ3n) is 2.43. The average molecular weight is 304 g/mol. The first-order valence-electron chi connectivity index (χ1n) is 6.54. The van der Waals surface area contributed by atoms with Crippen molar-refractivity contribution in [3.05, 3.63) is 23.9 Å². The van der Waals surface area contributed by atoms with Gasteiger partial charge in [-0.3, -0.25) is 4.99 Å². The van der Waals surface area contributed by atoms with Crippen molar-refractivity contribution in [2.75, 3.05) is 20.2 Å². The van der Waals surface area contributed by atoms with Crippen LogP contribution in [0.4, 0.5) is 13.2 Å². The van der Waals surface area contributed by atoms with Gasteiger partial charge in [0.1, 0.15) is 0 Å². The van der Waals surface area contributed by atoms with E-state index in [0.29, 0.717) is 11.5 Å². The Balaban J connectivity index is 2.62. The molecule has 0 saturated carbocycles. The molecule has 0 aromatic carbocycles. The molecule has 1 heterocycles. The third kappa shape index (κ3) is 6.82. The molecule has 1 aromatic rings. The van der Waals surface area contributed by atoms with Crippen molar-refractivity contribution in [1.29, 1.82) is 0 Å². The fourth-order valence-corrected chi connectivity index (χ4v) is 1.48. The summed E-state index contributed by atoms with van der Waals surface area (Å²) < 4.78 is 41.3. The van der Waals surface area contributed by atoms with Gasteiger partial charge >= 0.3 is 6.18 Å². The first-order valence-corrected chi connectivity index (χ1v) is 6.54. The number of hydrogen-bond donors (Lipinski definition) is 2. The molecule has 5 nitrogen and oxygen atoms in total. The summed E-state index contributed by atoms with van der Waals surface area (Å²) in [5.74, 6) is 0.538. The summed E-state index contributed by atoms with van der Waals surface area (Å²) in [6, 6.07) is 3.29. The molecule has 0 bridgehead atoms. The van der Waals surface area contributed by atoms with Gasteiger partial charge in [0.05, 0.1) is 0 Å². The summed E-state index contributed by atoms with van der Waals surface area (Å²) in [7, 11) is 1.62. The minimum absolute atomic E-state index is 0.0340. The number of aliphatic imine (C=N–C) groups is 1. The number of nitrogens with one attached hydrogen (secondary N) is 2. The Morgan fingerprint density at radius 2 is 2.14 bits per heavy atom. The molecule has 0 aliphatic carbocycles. The molecular weight excluding hydrogens is 285 g/mol. The van der Waals surface area contributed by atoms with Gasteiger partial charge < -0.3 is 15.4 Å². The van der Waals surface area contributed by atoms with E-state index in [0.717, 1.165) is 13.0 Å². The van der Waals surface area contributed by atoms with E-state index in [2.05, 4.69) is 20.6 Å². The predicted molar refractivity (Wildman–Crippen MR) is 74.3 cm³/mol. The average Bonchev–Trinajstić information content (AvgIpc) is 2.45. The zero-order valence-corrected chi connectivity index (χ0v) is 12.0.